The molecule has 2 aliphatic heterocycles. The Labute approximate surface area is 272 Å². The standard InChI is InChI=1S/C33H48FN7O4Si/c1-21-18-39-19-25(24(34)17-28(39)36-21)37-30(42)41-14-12-23-26(11-13-35-29(23)41)38-15-16-40(31(43)44-32(3,4)5)27(20-38)22(2)45-46(9,10)33(6,7)8/h11,13,17-19,22,27H,12,14-16,20H2,1-10H3,(H,37,42)/t22?,27-/m1/s1. The van der Waals surface area contributed by atoms with Crippen LogP contribution in [0.1, 0.15) is 59.7 Å². The van der Waals surface area contributed by atoms with E-state index < -0.39 is 25.8 Å². The number of aromatic nitrogens is 3. The number of nitrogens with one attached hydrogen (secondary N) is 1. The summed E-state index contributed by atoms with van der Waals surface area (Å²) in [6, 6.07) is 2.56. The predicted molar refractivity (Wildman–Crippen MR) is 181 cm³/mol. The minimum atomic E-state index is -2.14. The van der Waals surface area contributed by atoms with E-state index in [0.717, 1.165) is 16.9 Å². The second kappa shape index (κ2) is 12.1. The molecule has 0 bridgehead atoms. The normalized spacial score (nSPS) is 18.2. The molecule has 13 heteroatoms. The number of imidazole rings is 1. The molecule has 0 spiro atoms. The van der Waals surface area contributed by atoms with Crippen molar-refractivity contribution in [3.63, 3.8) is 0 Å². The van der Waals surface area contributed by atoms with E-state index in [9.17, 15) is 14.0 Å². The summed E-state index contributed by atoms with van der Waals surface area (Å²) in [4.78, 5) is 41.4. The van der Waals surface area contributed by atoms with Crippen LogP contribution < -0.4 is 15.1 Å². The van der Waals surface area contributed by atoms with Crippen LogP contribution in [0.2, 0.25) is 18.1 Å². The van der Waals surface area contributed by atoms with Gasteiger partial charge in [0.1, 0.15) is 17.1 Å². The molecular formula is C33H48FN7O4Si. The van der Waals surface area contributed by atoms with E-state index in [1.807, 2.05) is 38.7 Å². The molecule has 0 aliphatic carbocycles. The first-order valence-electron chi connectivity index (χ1n) is 16.0. The lowest BCUT2D eigenvalue weighted by Gasteiger charge is -2.47. The average molecular weight is 654 g/mol. The fourth-order valence-electron chi connectivity index (χ4n) is 5.88. The summed E-state index contributed by atoms with van der Waals surface area (Å²) in [6.07, 6.45) is 5.02. The van der Waals surface area contributed by atoms with Crippen LogP contribution >= 0.6 is 0 Å². The Morgan fingerprint density at radius 1 is 1.11 bits per heavy atom. The lowest BCUT2D eigenvalue weighted by atomic mass is 10.0. The number of rotatable bonds is 5. The molecule has 250 valence electrons. The summed E-state index contributed by atoms with van der Waals surface area (Å²) in [7, 11) is -2.14. The summed E-state index contributed by atoms with van der Waals surface area (Å²) in [5.41, 5.74) is 2.58. The van der Waals surface area contributed by atoms with Gasteiger partial charge in [-0.05, 0) is 65.2 Å². The molecule has 1 N–H and O–H groups in total. The summed E-state index contributed by atoms with van der Waals surface area (Å²) >= 11 is 0. The molecule has 0 radical (unpaired) electrons. The number of aryl methyl sites for hydroxylation is 1. The number of carbonyl (C=O) groups excluding carboxylic acids is 2. The van der Waals surface area contributed by atoms with Gasteiger partial charge in [0.25, 0.3) is 0 Å². The van der Waals surface area contributed by atoms with Crippen LogP contribution in [-0.4, -0.2) is 83.6 Å². The Bertz CT molecular complexity index is 1630. The second-order valence-electron chi connectivity index (χ2n) is 14.9. The van der Waals surface area contributed by atoms with Crippen molar-refractivity contribution < 1.29 is 23.1 Å². The zero-order valence-corrected chi connectivity index (χ0v) is 29.8. The van der Waals surface area contributed by atoms with Crippen molar-refractivity contribution in [2.45, 2.75) is 97.7 Å². The molecule has 0 aromatic carbocycles. The first kappa shape index (κ1) is 33.6. The number of nitrogens with zero attached hydrogens (tertiary/aromatic N) is 6. The zero-order chi connectivity index (χ0) is 33.8. The van der Waals surface area contributed by atoms with Gasteiger partial charge < -0.3 is 23.8 Å². The van der Waals surface area contributed by atoms with Crippen molar-refractivity contribution in [1.82, 2.24) is 19.3 Å². The van der Waals surface area contributed by atoms with Crippen LogP contribution in [0.4, 0.5) is 31.2 Å². The Balaban J connectivity index is 1.38. The Morgan fingerprint density at radius 2 is 1.83 bits per heavy atom. The van der Waals surface area contributed by atoms with Gasteiger partial charge in [-0.2, -0.15) is 0 Å². The van der Waals surface area contributed by atoms with Crippen LogP contribution in [0.3, 0.4) is 0 Å². The molecule has 2 atom stereocenters. The molecule has 46 heavy (non-hydrogen) atoms. The highest BCUT2D eigenvalue weighted by Gasteiger charge is 2.44. The number of anilines is 3. The van der Waals surface area contributed by atoms with Crippen molar-refractivity contribution in [1.29, 1.82) is 0 Å². The molecule has 5 heterocycles. The third-order valence-electron chi connectivity index (χ3n) is 9.21. The van der Waals surface area contributed by atoms with E-state index in [-0.39, 0.29) is 29.0 Å². The highest BCUT2D eigenvalue weighted by molar-refractivity contribution is 6.74. The first-order chi connectivity index (χ1) is 21.3. The van der Waals surface area contributed by atoms with E-state index in [0.29, 0.717) is 44.1 Å². The third kappa shape index (κ3) is 6.85. The topological polar surface area (TPSA) is 105 Å². The number of carbonyl (C=O) groups is 2. The van der Waals surface area contributed by atoms with Gasteiger partial charge in [-0.25, -0.2) is 23.9 Å². The predicted octanol–water partition coefficient (Wildman–Crippen LogP) is 6.61. The molecule has 0 saturated carbocycles. The lowest BCUT2D eigenvalue weighted by molar-refractivity contribution is -0.00351. The van der Waals surface area contributed by atoms with Gasteiger partial charge in [-0.1, -0.05) is 20.8 Å². The van der Waals surface area contributed by atoms with Crippen molar-refractivity contribution in [3.8, 4) is 0 Å². The van der Waals surface area contributed by atoms with Gasteiger partial charge in [0.2, 0.25) is 0 Å². The van der Waals surface area contributed by atoms with Crippen molar-refractivity contribution in [2.75, 3.05) is 41.3 Å². The highest BCUT2D eigenvalue weighted by Crippen LogP contribution is 2.39. The van der Waals surface area contributed by atoms with Gasteiger partial charge in [0, 0.05) is 62.1 Å². The molecule has 1 saturated heterocycles. The molecule has 2 aliphatic rings. The van der Waals surface area contributed by atoms with Gasteiger partial charge >= 0.3 is 12.1 Å². The van der Waals surface area contributed by atoms with E-state index in [1.54, 1.807) is 21.7 Å². The second-order valence-corrected chi connectivity index (χ2v) is 19.7. The van der Waals surface area contributed by atoms with E-state index >= 15 is 0 Å². The van der Waals surface area contributed by atoms with Crippen LogP contribution in [0.5, 0.6) is 0 Å². The van der Waals surface area contributed by atoms with Crippen molar-refractivity contribution in [3.05, 3.63) is 47.8 Å². The van der Waals surface area contributed by atoms with Gasteiger partial charge in [-0.15, -0.1) is 0 Å². The molecule has 1 fully saturated rings. The SMILES string of the molecule is Cc1cn2cc(NC(=O)N3CCc4c(N5CCN(C(=O)OC(C)(C)C)[C@@H](C(C)O[Si](C)(C)C(C)(C)C)C5)ccnc43)c(F)cc2n1. The third-order valence-corrected chi connectivity index (χ3v) is 13.8. The van der Waals surface area contributed by atoms with Gasteiger partial charge in [-0.3, -0.25) is 9.80 Å². The number of hydrogen-bond acceptors (Lipinski definition) is 7. The molecule has 11 nitrogen and oxygen atoms in total. The number of piperazine rings is 1. The van der Waals surface area contributed by atoms with E-state index in [1.165, 1.54) is 12.3 Å². The molecule has 3 aromatic rings. The number of amides is 3. The maximum atomic E-state index is 14.9. The summed E-state index contributed by atoms with van der Waals surface area (Å²) < 4.78 is 29.2. The molecular weight excluding hydrogens is 605 g/mol. The number of pyridine rings is 2. The summed E-state index contributed by atoms with van der Waals surface area (Å²) in [5.74, 6) is -0.0119. The molecule has 3 aromatic heterocycles. The molecule has 5 rings (SSSR count). The fourth-order valence-corrected chi connectivity index (χ4v) is 7.32. The number of fused-ring (bicyclic) bond motifs is 2. The molecule has 3 amide bonds. The van der Waals surface area contributed by atoms with Crippen molar-refractivity contribution >= 4 is 43.3 Å². The van der Waals surface area contributed by atoms with Crippen LogP contribution in [-0.2, 0) is 15.6 Å². The lowest BCUT2D eigenvalue weighted by Crippen LogP contribution is -2.62. The van der Waals surface area contributed by atoms with Crippen LogP contribution in [0.25, 0.3) is 5.65 Å². The quantitative estimate of drug-likeness (QED) is 0.309. The van der Waals surface area contributed by atoms with E-state index in [2.05, 4.69) is 61.0 Å². The Kier molecular flexibility index (Phi) is 8.88. The number of urea groups is 1. The zero-order valence-electron chi connectivity index (χ0n) is 28.8. The Hall–Kier alpha value is -3.71. The van der Waals surface area contributed by atoms with Gasteiger partial charge in [0.15, 0.2) is 14.1 Å². The van der Waals surface area contributed by atoms with Crippen LogP contribution in [0.15, 0.2) is 30.7 Å². The largest absolute Gasteiger partial charge is 0.444 e. The summed E-state index contributed by atoms with van der Waals surface area (Å²) in [5, 5.41) is 2.73. The minimum Gasteiger partial charge on any atom is -0.444 e. The highest BCUT2D eigenvalue weighted by atomic mass is 28.4. The number of ether oxygens (including phenoxy) is 1. The first-order valence-corrected chi connectivity index (χ1v) is 18.9. The van der Waals surface area contributed by atoms with Crippen LogP contribution in [0, 0.1) is 12.7 Å². The summed E-state index contributed by atoms with van der Waals surface area (Å²) in [6.45, 7) is 22.6. The fraction of sp³-hybridized carbons (Fsp3) is 0.576. The maximum Gasteiger partial charge on any atom is 0.410 e. The number of hydrogen-bond donors (Lipinski definition) is 1. The average Bonchev–Trinajstić information content (AvgIpc) is 3.53. The van der Waals surface area contributed by atoms with E-state index in [4.69, 9.17) is 9.16 Å². The Morgan fingerprint density at radius 3 is 2.50 bits per heavy atom. The molecule has 1 unspecified atom stereocenters. The van der Waals surface area contributed by atoms with Gasteiger partial charge in [0.05, 0.1) is 23.5 Å². The van der Waals surface area contributed by atoms with Crippen molar-refractivity contribution in [2.24, 2.45) is 0 Å². The maximum absolute atomic E-state index is 14.9. The number of halogens is 1. The minimum absolute atomic E-state index is 0.00862. The smallest absolute Gasteiger partial charge is 0.410 e. The monoisotopic (exact) mass is 653 g/mol.